The molecule has 0 saturated carbocycles. The summed E-state index contributed by atoms with van der Waals surface area (Å²) in [5.41, 5.74) is 2.19. The molecule has 0 amide bonds. The van der Waals surface area contributed by atoms with Crippen LogP contribution in [0.25, 0.3) is 0 Å². The monoisotopic (exact) mass is 251 g/mol. The summed E-state index contributed by atoms with van der Waals surface area (Å²) in [6, 6.07) is 8.41. The molecule has 0 aliphatic rings. The molecule has 0 unspecified atom stereocenters. The normalized spacial score (nSPS) is 10.8. The third kappa shape index (κ3) is 2.77. The topological polar surface area (TPSA) is 51.0 Å². The van der Waals surface area contributed by atoms with E-state index >= 15 is 0 Å². The number of rotatable bonds is 4. The average Bonchev–Trinajstić information content (AvgIpc) is 2.77. The lowest BCUT2D eigenvalue weighted by Gasteiger charge is -2.11. The highest BCUT2D eigenvalue weighted by Crippen LogP contribution is 2.26. The van der Waals surface area contributed by atoms with Crippen LogP contribution in [0, 0.1) is 0 Å². The second-order valence-electron chi connectivity index (χ2n) is 4.00. The Morgan fingerprint density at radius 1 is 1.29 bits per heavy atom. The first-order chi connectivity index (χ1) is 8.20. The van der Waals surface area contributed by atoms with E-state index in [1.54, 1.807) is 0 Å². The maximum atomic E-state index is 5.60. The second kappa shape index (κ2) is 5.19. The zero-order chi connectivity index (χ0) is 12.3. The number of nitrogens with one attached hydrogen (secondary N) is 1. The van der Waals surface area contributed by atoms with Crippen molar-refractivity contribution in [2.45, 2.75) is 25.6 Å². The van der Waals surface area contributed by atoms with Crippen molar-refractivity contribution in [3.8, 4) is 0 Å². The SMILES string of the molecule is CC(C)c1ccccc1Nc1nnc(CCl)o1. The number of benzene rings is 1. The molecular weight excluding hydrogens is 238 g/mol. The summed E-state index contributed by atoms with van der Waals surface area (Å²) in [7, 11) is 0. The van der Waals surface area contributed by atoms with Gasteiger partial charge in [0.05, 0.1) is 0 Å². The predicted molar refractivity (Wildman–Crippen MR) is 67.7 cm³/mol. The molecule has 2 aromatic rings. The predicted octanol–water partition coefficient (Wildman–Crippen LogP) is 3.68. The molecule has 0 spiro atoms. The van der Waals surface area contributed by atoms with Gasteiger partial charge in [0.25, 0.3) is 0 Å². The van der Waals surface area contributed by atoms with E-state index < -0.39 is 0 Å². The van der Waals surface area contributed by atoms with Crippen LogP contribution in [0.4, 0.5) is 11.7 Å². The van der Waals surface area contributed by atoms with Gasteiger partial charge in [0, 0.05) is 5.69 Å². The molecule has 0 atom stereocenters. The number of hydrogen-bond acceptors (Lipinski definition) is 4. The first-order valence-electron chi connectivity index (χ1n) is 5.45. The van der Waals surface area contributed by atoms with E-state index in [9.17, 15) is 0 Å². The lowest BCUT2D eigenvalue weighted by molar-refractivity contribution is 0.530. The molecule has 1 heterocycles. The summed E-state index contributed by atoms with van der Waals surface area (Å²) in [6.45, 7) is 4.27. The van der Waals surface area contributed by atoms with Crippen LogP contribution in [0.1, 0.15) is 31.2 Å². The molecule has 1 aromatic carbocycles. The Balaban J connectivity index is 2.23. The van der Waals surface area contributed by atoms with Crippen molar-refractivity contribution in [2.75, 3.05) is 5.32 Å². The third-order valence-corrected chi connectivity index (χ3v) is 2.63. The van der Waals surface area contributed by atoms with E-state index in [0.29, 0.717) is 17.8 Å². The lowest BCUT2D eigenvalue weighted by atomic mass is 10.0. The van der Waals surface area contributed by atoms with Crippen LogP contribution in [-0.4, -0.2) is 10.2 Å². The molecule has 90 valence electrons. The van der Waals surface area contributed by atoms with Gasteiger partial charge in [-0.3, -0.25) is 0 Å². The summed E-state index contributed by atoms with van der Waals surface area (Å²) < 4.78 is 5.31. The highest BCUT2D eigenvalue weighted by Gasteiger charge is 2.09. The zero-order valence-corrected chi connectivity index (χ0v) is 10.5. The first kappa shape index (κ1) is 11.9. The van der Waals surface area contributed by atoms with Crippen molar-refractivity contribution in [3.63, 3.8) is 0 Å². The van der Waals surface area contributed by atoms with Crippen LogP contribution in [0.2, 0.25) is 0 Å². The molecule has 2 rings (SSSR count). The second-order valence-corrected chi connectivity index (χ2v) is 4.27. The van der Waals surface area contributed by atoms with E-state index in [0.717, 1.165) is 5.69 Å². The number of alkyl halides is 1. The molecule has 0 saturated heterocycles. The fourth-order valence-corrected chi connectivity index (χ4v) is 1.70. The molecule has 5 heteroatoms. The Morgan fingerprint density at radius 2 is 2.06 bits per heavy atom. The quantitative estimate of drug-likeness (QED) is 0.843. The van der Waals surface area contributed by atoms with Gasteiger partial charge >= 0.3 is 6.01 Å². The smallest absolute Gasteiger partial charge is 0.320 e. The standard InChI is InChI=1S/C12H14ClN3O/c1-8(2)9-5-3-4-6-10(9)14-12-16-15-11(7-13)17-12/h3-6,8H,7H2,1-2H3,(H,14,16). The third-order valence-electron chi connectivity index (χ3n) is 2.41. The van der Waals surface area contributed by atoms with E-state index in [-0.39, 0.29) is 5.88 Å². The van der Waals surface area contributed by atoms with Crippen LogP contribution in [-0.2, 0) is 5.88 Å². The zero-order valence-electron chi connectivity index (χ0n) is 9.77. The first-order valence-corrected chi connectivity index (χ1v) is 5.98. The van der Waals surface area contributed by atoms with Crippen LogP contribution >= 0.6 is 11.6 Å². The number of aromatic nitrogens is 2. The molecule has 0 aliphatic heterocycles. The van der Waals surface area contributed by atoms with Crippen LogP contribution in [0.3, 0.4) is 0 Å². The van der Waals surface area contributed by atoms with Gasteiger partial charge in [-0.1, -0.05) is 37.1 Å². The number of nitrogens with zero attached hydrogens (tertiary/aromatic N) is 2. The van der Waals surface area contributed by atoms with E-state index in [1.165, 1.54) is 5.56 Å². The van der Waals surface area contributed by atoms with E-state index in [2.05, 4.69) is 35.4 Å². The minimum Gasteiger partial charge on any atom is -0.407 e. The lowest BCUT2D eigenvalue weighted by Crippen LogP contribution is -1.97. The van der Waals surface area contributed by atoms with Crippen LogP contribution < -0.4 is 5.32 Å². The summed E-state index contributed by atoms with van der Waals surface area (Å²) >= 11 is 5.60. The van der Waals surface area contributed by atoms with Crippen molar-refractivity contribution in [3.05, 3.63) is 35.7 Å². The van der Waals surface area contributed by atoms with Crippen molar-refractivity contribution in [2.24, 2.45) is 0 Å². The van der Waals surface area contributed by atoms with Crippen LogP contribution in [0.15, 0.2) is 28.7 Å². The largest absolute Gasteiger partial charge is 0.407 e. The van der Waals surface area contributed by atoms with Gasteiger partial charge in [0.15, 0.2) is 0 Å². The van der Waals surface area contributed by atoms with Gasteiger partial charge < -0.3 is 9.73 Å². The van der Waals surface area contributed by atoms with Gasteiger partial charge in [-0.15, -0.1) is 16.7 Å². The molecule has 1 N–H and O–H groups in total. The number of anilines is 2. The molecule has 0 radical (unpaired) electrons. The van der Waals surface area contributed by atoms with Crippen molar-refractivity contribution in [1.29, 1.82) is 0 Å². The summed E-state index contributed by atoms with van der Waals surface area (Å²) in [6.07, 6.45) is 0. The van der Waals surface area contributed by atoms with Crippen LogP contribution in [0.5, 0.6) is 0 Å². The molecule has 0 bridgehead atoms. The molecule has 1 aromatic heterocycles. The van der Waals surface area contributed by atoms with Crippen molar-refractivity contribution in [1.82, 2.24) is 10.2 Å². The van der Waals surface area contributed by atoms with Gasteiger partial charge in [-0.2, -0.15) is 0 Å². The van der Waals surface area contributed by atoms with E-state index in [1.807, 2.05) is 18.2 Å². The molecule has 0 fully saturated rings. The minimum atomic E-state index is 0.223. The summed E-state index contributed by atoms with van der Waals surface area (Å²) in [5.74, 6) is 1.06. The summed E-state index contributed by atoms with van der Waals surface area (Å²) in [5, 5.41) is 10.8. The maximum absolute atomic E-state index is 5.60. The fourth-order valence-electron chi connectivity index (χ4n) is 1.59. The number of hydrogen-bond donors (Lipinski definition) is 1. The van der Waals surface area contributed by atoms with E-state index in [4.69, 9.17) is 16.0 Å². The summed E-state index contributed by atoms with van der Waals surface area (Å²) in [4.78, 5) is 0. The molecule has 17 heavy (non-hydrogen) atoms. The average molecular weight is 252 g/mol. The maximum Gasteiger partial charge on any atom is 0.320 e. The Kier molecular flexibility index (Phi) is 3.64. The van der Waals surface area contributed by atoms with Gasteiger partial charge in [0.1, 0.15) is 5.88 Å². The Morgan fingerprint density at radius 3 is 2.71 bits per heavy atom. The highest BCUT2D eigenvalue weighted by atomic mass is 35.5. The van der Waals surface area contributed by atoms with Gasteiger partial charge in [-0.05, 0) is 17.5 Å². The molecule has 4 nitrogen and oxygen atoms in total. The number of para-hydroxylation sites is 1. The van der Waals surface area contributed by atoms with Gasteiger partial charge in [-0.25, -0.2) is 0 Å². The number of halogens is 1. The minimum absolute atomic E-state index is 0.223. The highest BCUT2D eigenvalue weighted by molar-refractivity contribution is 6.16. The molecule has 0 aliphatic carbocycles. The van der Waals surface area contributed by atoms with Crippen molar-refractivity contribution >= 4 is 23.3 Å². The Labute approximate surface area is 105 Å². The Hall–Kier alpha value is -1.55. The van der Waals surface area contributed by atoms with Gasteiger partial charge in [0.2, 0.25) is 5.89 Å². The van der Waals surface area contributed by atoms with Crippen molar-refractivity contribution < 1.29 is 4.42 Å². The Bertz CT molecular complexity index is 496. The fraction of sp³-hybridized carbons (Fsp3) is 0.333. The molecular formula is C12H14ClN3O.